The molecule has 0 aromatic heterocycles. The SMILES string of the molecule is CCCCC[C@H](O)/C=C/[C@@H]1[C@H]2CC(CCCCC(=O)O)=C[C@H]2C[C@H]1O. The molecule has 1 fully saturated rings. The third-order valence-corrected chi connectivity index (χ3v) is 5.75. The van der Waals surface area contributed by atoms with Gasteiger partial charge in [0.25, 0.3) is 0 Å². The van der Waals surface area contributed by atoms with E-state index in [1.807, 2.05) is 12.2 Å². The quantitative estimate of drug-likeness (QED) is 0.388. The minimum Gasteiger partial charge on any atom is -0.481 e. The molecule has 3 N–H and O–H groups in total. The summed E-state index contributed by atoms with van der Waals surface area (Å²) < 4.78 is 0. The standard InChI is InChI=1S/C21H34O4/c1-2-3-4-8-17(22)10-11-18-19-13-15(7-5-6-9-21(24)25)12-16(19)14-20(18)23/h10-12,16-20,22-23H,2-9,13-14H2,1H3,(H,24,25)/b11-10+/t16-,17-,18+,19-,20+/m0/s1. The molecule has 1 saturated carbocycles. The van der Waals surface area contributed by atoms with Crippen molar-refractivity contribution in [3.05, 3.63) is 23.8 Å². The van der Waals surface area contributed by atoms with Gasteiger partial charge in [0.05, 0.1) is 12.2 Å². The Morgan fingerprint density at radius 3 is 2.84 bits per heavy atom. The van der Waals surface area contributed by atoms with Crippen LogP contribution in [0.15, 0.2) is 23.8 Å². The van der Waals surface area contributed by atoms with Gasteiger partial charge in [0.1, 0.15) is 0 Å². The average Bonchev–Trinajstić information content (AvgIpc) is 3.06. The van der Waals surface area contributed by atoms with Crippen LogP contribution < -0.4 is 0 Å². The van der Waals surface area contributed by atoms with E-state index in [1.165, 1.54) is 5.57 Å². The average molecular weight is 350 g/mol. The van der Waals surface area contributed by atoms with Gasteiger partial charge in [0, 0.05) is 12.3 Å². The number of aliphatic hydroxyl groups is 2. The van der Waals surface area contributed by atoms with Crippen molar-refractivity contribution in [1.29, 1.82) is 0 Å². The number of aliphatic hydroxyl groups excluding tert-OH is 2. The van der Waals surface area contributed by atoms with Gasteiger partial charge in [-0.2, -0.15) is 0 Å². The molecule has 5 atom stereocenters. The molecular weight excluding hydrogens is 316 g/mol. The maximum atomic E-state index is 10.6. The zero-order valence-corrected chi connectivity index (χ0v) is 15.4. The lowest BCUT2D eigenvalue weighted by Crippen LogP contribution is -2.18. The Kier molecular flexibility index (Phi) is 8.17. The molecule has 2 aliphatic carbocycles. The number of fused-ring (bicyclic) bond motifs is 1. The fourth-order valence-electron chi connectivity index (χ4n) is 4.38. The Labute approximate surface area is 151 Å². The van der Waals surface area contributed by atoms with E-state index in [9.17, 15) is 15.0 Å². The number of carboxylic acid groups (broad SMARTS) is 1. The van der Waals surface area contributed by atoms with Crippen LogP contribution in [0.4, 0.5) is 0 Å². The summed E-state index contributed by atoms with van der Waals surface area (Å²) in [4.78, 5) is 10.6. The molecule has 0 aromatic carbocycles. The van der Waals surface area contributed by atoms with Gasteiger partial charge in [-0.15, -0.1) is 0 Å². The lowest BCUT2D eigenvalue weighted by molar-refractivity contribution is -0.137. The van der Waals surface area contributed by atoms with Crippen LogP contribution in [0.2, 0.25) is 0 Å². The monoisotopic (exact) mass is 350 g/mol. The molecule has 2 rings (SSSR count). The number of rotatable bonds is 11. The van der Waals surface area contributed by atoms with E-state index in [-0.39, 0.29) is 18.4 Å². The van der Waals surface area contributed by atoms with Crippen LogP contribution in [0.3, 0.4) is 0 Å². The zero-order valence-electron chi connectivity index (χ0n) is 15.4. The predicted octanol–water partition coefficient (Wildman–Crippen LogP) is 4.07. The van der Waals surface area contributed by atoms with Crippen molar-refractivity contribution in [3.63, 3.8) is 0 Å². The van der Waals surface area contributed by atoms with Crippen molar-refractivity contribution < 1.29 is 20.1 Å². The Morgan fingerprint density at radius 1 is 1.32 bits per heavy atom. The van der Waals surface area contributed by atoms with Gasteiger partial charge in [0.2, 0.25) is 0 Å². The van der Waals surface area contributed by atoms with Gasteiger partial charge in [0.15, 0.2) is 0 Å². The molecule has 0 aromatic rings. The smallest absolute Gasteiger partial charge is 0.303 e. The highest BCUT2D eigenvalue weighted by atomic mass is 16.4. The molecule has 0 bridgehead atoms. The first kappa shape index (κ1) is 20.2. The van der Waals surface area contributed by atoms with Gasteiger partial charge in [-0.3, -0.25) is 4.79 Å². The second kappa shape index (κ2) is 10.1. The van der Waals surface area contributed by atoms with Gasteiger partial charge >= 0.3 is 5.97 Å². The van der Waals surface area contributed by atoms with E-state index < -0.39 is 12.1 Å². The molecule has 25 heavy (non-hydrogen) atoms. The lowest BCUT2D eigenvalue weighted by atomic mass is 9.88. The molecule has 142 valence electrons. The summed E-state index contributed by atoms with van der Waals surface area (Å²) in [6.45, 7) is 2.16. The summed E-state index contributed by atoms with van der Waals surface area (Å²) in [5.74, 6) is 0.307. The molecule has 4 heteroatoms. The molecule has 2 aliphatic rings. The fraction of sp³-hybridized carbons (Fsp3) is 0.762. The summed E-state index contributed by atoms with van der Waals surface area (Å²) in [6.07, 6.45) is 14.4. The molecule has 0 unspecified atom stereocenters. The topological polar surface area (TPSA) is 77.8 Å². The highest BCUT2D eigenvalue weighted by Gasteiger charge is 2.43. The molecular formula is C21H34O4. The third-order valence-electron chi connectivity index (χ3n) is 5.75. The highest BCUT2D eigenvalue weighted by molar-refractivity contribution is 5.66. The molecule has 0 saturated heterocycles. The summed E-state index contributed by atoms with van der Waals surface area (Å²) in [7, 11) is 0. The summed E-state index contributed by atoms with van der Waals surface area (Å²) in [5, 5.41) is 29.1. The van der Waals surface area contributed by atoms with Gasteiger partial charge in [-0.25, -0.2) is 0 Å². The summed E-state index contributed by atoms with van der Waals surface area (Å²) >= 11 is 0. The van der Waals surface area contributed by atoms with Crippen molar-refractivity contribution in [2.45, 2.75) is 83.3 Å². The normalized spacial score (nSPS) is 29.8. The number of carboxylic acids is 1. The van der Waals surface area contributed by atoms with Gasteiger partial charge in [-0.1, -0.05) is 50.0 Å². The van der Waals surface area contributed by atoms with Crippen molar-refractivity contribution in [2.75, 3.05) is 0 Å². The van der Waals surface area contributed by atoms with E-state index in [2.05, 4.69) is 13.0 Å². The summed E-state index contributed by atoms with van der Waals surface area (Å²) in [5.41, 5.74) is 1.43. The number of allylic oxidation sites excluding steroid dienone is 2. The minimum atomic E-state index is -0.719. The molecule has 4 nitrogen and oxygen atoms in total. The van der Waals surface area contributed by atoms with Crippen LogP contribution >= 0.6 is 0 Å². The highest BCUT2D eigenvalue weighted by Crippen LogP contribution is 2.48. The van der Waals surface area contributed by atoms with Crippen LogP contribution in [0.5, 0.6) is 0 Å². The fourth-order valence-corrected chi connectivity index (χ4v) is 4.38. The minimum absolute atomic E-state index is 0.138. The first-order valence-corrected chi connectivity index (χ1v) is 9.97. The van der Waals surface area contributed by atoms with E-state index in [0.29, 0.717) is 11.8 Å². The molecule has 0 radical (unpaired) electrons. The second-order valence-electron chi connectivity index (χ2n) is 7.79. The molecule has 0 amide bonds. The number of unbranched alkanes of at least 4 members (excludes halogenated alkanes) is 3. The number of hydrogen-bond acceptors (Lipinski definition) is 3. The lowest BCUT2D eigenvalue weighted by Gasteiger charge is -2.19. The van der Waals surface area contributed by atoms with E-state index in [1.54, 1.807) is 0 Å². The molecule has 0 heterocycles. The second-order valence-corrected chi connectivity index (χ2v) is 7.79. The van der Waals surface area contributed by atoms with E-state index in [4.69, 9.17) is 5.11 Å². The van der Waals surface area contributed by atoms with Gasteiger partial charge < -0.3 is 15.3 Å². The molecule has 0 spiro atoms. The Hall–Kier alpha value is -1.13. The maximum Gasteiger partial charge on any atom is 0.303 e. The first-order chi connectivity index (χ1) is 12.0. The van der Waals surface area contributed by atoms with Crippen molar-refractivity contribution >= 4 is 5.97 Å². The maximum absolute atomic E-state index is 10.6. The van der Waals surface area contributed by atoms with E-state index >= 15 is 0 Å². The third kappa shape index (κ3) is 6.27. The van der Waals surface area contributed by atoms with Crippen LogP contribution in [0, 0.1) is 17.8 Å². The van der Waals surface area contributed by atoms with Crippen molar-refractivity contribution in [1.82, 2.24) is 0 Å². The zero-order chi connectivity index (χ0) is 18.2. The van der Waals surface area contributed by atoms with Crippen LogP contribution in [-0.4, -0.2) is 33.5 Å². The Balaban J connectivity index is 1.78. The Bertz CT molecular complexity index is 482. The van der Waals surface area contributed by atoms with Crippen LogP contribution in [0.1, 0.15) is 71.1 Å². The molecule has 0 aliphatic heterocycles. The number of aliphatic carboxylic acids is 1. The van der Waals surface area contributed by atoms with Crippen molar-refractivity contribution in [2.24, 2.45) is 17.8 Å². The number of carbonyl (C=O) groups is 1. The predicted molar refractivity (Wildman–Crippen MR) is 99.2 cm³/mol. The van der Waals surface area contributed by atoms with Crippen LogP contribution in [-0.2, 0) is 4.79 Å². The summed E-state index contributed by atoms with van der Waals surface area (Å²) in [6, 6.07) is 0. The van der Waals surface area contributed by atoms with Crippen molar-refractivity contribution in [3.8, 4) is 0 Å². The Morgan fingerprint density at radius 2 is 2.12 bits per heavy atom. The van der Waals surface area contributed by atoms with Crippen LogP contribution in [0.25, 0.3) is 0 Å². The number of hydrogen-bond donors (Lipinski definition) is 3. The first-order valence-electron chi connectivity index (χ1n) is 9.97. The van der Waals surface area contributed by atoms with Gasteiger partial charge in [-0.05, 0) is 50.4 Å². The van der Waals surface area contributed by atoms with E-state index in [0.717, 1.165) is 57.8 Å². The largest absolute Gasteiger partial charge is 0.481 e.